The highest BCUT2D eigenvalue weighted by atomic mass is 16.7. The van der Waals surface area contributed by atoms with Gasteiger partial charge in [0.1, 0.15) is 29.1 Å². The number of phenolic OH excluding ortho intramolecular Hbond substituents is 4. The monoisotopic (exact) mass is 942 g/mol. The highest BCUT2D eigenvalue weighted by Crippen LogP contribution is 2.55. The van der Waals surface area contributed by atoms with Crippen LogP contribution in [0.25, 0.3) is 10.8 Å². The number of esters is 1. The van der Waals surface area contributed by atoms with Crippen molar-refractivity contribution in [1.29, 1.82) is 0 Å². The first-order valence-electron chi connectivity index (χ1n) is 22.9. The Kier molecular flexibility index (Phi) is 15.5. The quantitative estimate of drug-likeness (QED) is 0.0614. The van der Waals surface area contributed by atoms with E-state index in [9.17, 15) is 45.0 Å². The highest BCUT2D eigenvalue weighted by molar-refractivity contribution is 6.23. The number of methoxy groups -OCH3 is 1. The summed E-state index contributed by atoms with van der Waals surface area (Å²) in [5, 5.41) is 77.8. The van der Waals surface area contributed by atoms with E-state index < -0.39 is 88.8 Å². The van der Waals surface area contributed by atoms with Crippen molar-refractivity contribution in [3.05, 3.63) is 82.7 Å². The van der Waals surface area contributed by atoms with Gasteiger partial charge in [0.2, 0.25) is 0 Å². The summed E-state index contributed by atoms with van der Waals surface area (Å²) in [6.07, 6.45) is 4.78. The molecule has 1 saturated heterocycles. The van der Waals surface area contributed by atoms with Crippen molar-refractivity contribution in [2.45, 2.75) is 118 Å². The molecule has 0 radical (unpaired) electrons. The molecule has 368 valence electrons. The van der Waals surface area contributed by atoms with Crippen LogP contribution in [0.4, 0.5) is 5.69 Å². The Bertz CT molecular complexity index is 2510. The Balaban J connectivity index is 1.48. The van der Waals surface area contributed by atoms with Crippen LogP contribution in [0.2, 0.25) is 0 Å². The summed E-state index contributed by atoms with van der Waals surface area (Å²) >= 11 is 0. The van der Waals surface area contributed by atoms with Gasteiger partial charge in [0.15, 0.2) is 5.75 Å². The molecule has 0 spiro atoms. The summed E-state index contributed by atoms with van der Waals surface area (Å²) in [5.74, 6) is -8.43. The molecule has 3 aromatic carbocycles. The van der Waals surface area contributed by atoms with Gasteiger partial charge in [-0.2, -0.15) is 5.10 Å². The molecule has 1 fully saturated rings. The van der Waals surface area contributed by atoms with Crippen molar-refractivity contribution in [1.82, 2.24) is 9.91 Å². The molecule has 17 heteroatoms. The van der Waals surface area contributed by atoms with Gasteiger partial charge in [-0.1, -0.05) is 58.1 Å². The molecular formula is C51H66N4O13. The molecule has 0 saturated carbocycles. The number of aromatic hydroxyl groups is 4. The minimum absolute atomic E-state index is 0.0378. The van der Waals surface area contributed by atoms with Gasteiger partial charge in [-0.3, -0.25) is 24.3 Å². The molecule has 1 amide bonds. The van der Waals surface area contributed by atoms with E-state index in [4.69, 9.17) is 24.0 Å². The van der Waals surface area contributed by atoms with Crippen molar-refractivity contribution < 1.29 is 64.0 Å². The van der Waals surface area contributed by atoms with Gasteiger partial charge in [-0.15, -0.1) is 0 Å². The summed E-state index contributed by atoms with van der Waals surface area (Å²) in [7, 11) is 1.43. The summed E-state index contributed by atoms with van der Waals surface area (Å²) in [6.45, 7) is 18.3. The first-order chi connectivity index (χ1) is 32.0. The third kappa shape index (κ3) is 10.2. The number of ether oxygens (including phenoxy) is 4. The minimum atomic E-state index is -2.08. The van der Waals surface area contributed by atoms with E-state index in [2.05, 4.69) is 10.2 Å². The first-order valence-corrected chi connectivity index (χ1v) is 22.9. The zero-order valence-electron chi connectivity index (χ0n) is 40.6. The fourth-order valence-corrected chi connectivity index (χ4v) is 9.64. The summed E-state index contributed by atoms with van der Waals surface area (Å²) in [4.78, 5) is 43.3. The number of piperazine rings is 1. The number of allylic oxidation sites excluding steroid dienone is 2. The van der Waals surface area contributed by atoms with Gasteiger partial charge >= 0.3 is 11.8 Å². The van der Waals surface area contributed by atoms with Crippen LogP contribution in [0.1, 0.15) is 89.4 Å². The molecule has 4 aliphatic heterocycles. The number of aliphatic hydroxyl groups excluding tert-OH is 2. The third-order valence-corrected chi connectivity index (χ3v) is 13.6. The normalized spacial score (nSPS) is 31.5. The van der Waals surface area contributed by atoms with Crippen molar-refractivity contribution >= 4 is 40.3 Å². The lowest BCUT2D eigenvalue weighted by Gasteiger charge is -2.42. The third-order valence-electron chi connectivity index (χ3n) is 13.6. The zero-order valence-corrected chi connectivity index (χ0v) is 40.6. The molecular weight excluding hydrogens is 877 g/mol. The van der Waals surface area contributed by atoms with Gasteiger partial charge < -0.3 is 54.9 Å². The van der Waals surface area contributed by atoms with Gasteiger partial charge in [-0.05, 0) is 51.5 Å². The number of hydrazone groups is 1. The number of carbonyl (C=O) groups excluding carboxylic acids is 3. The number of anilines is 1. The van der Waals surface area contributed by atoms with Crippen LogP contribution < -0.4 is 10.1 Å². The van der Waals surface area contributed by atoms with Crippen LogP contribution in [-0.4, -0.2) is 127 Å². The predicted octanol–water partition coefficient (Wildman–Crippen LogP) is 6.39. The van der Waals surface area contributed by atoms with Crippen LogP contribution >= 0.6 is 0 Å². The topological polar surface area (TPSA) is 240 Å². The number of hydrogen-bond acceptors (Lipinski definition) is 16. The molecule has 5 bridgehead atoms. The molecule has 4 heterocycles. The summed E-state index contributed by atoms with van der Waals surface area (Å²) < 4.78 is 23.8. The predicted molar refractivity (Wildman–Crippen MR) is 256 cm³/mol. The summed E-state index contributed by atoms with van der Waals surface area (Å²) in [5.41, 5.74) is 0.548. The Hall–Kier alpha value is -6.14. The zero-order chi connectivity index (χ0) is 50.1. The van der Waals surface area contributed by atoms with Gasteiger partial charge in [-0.25, -0.2) is 0 Å². The summed E-state index contributed by atoms with van der Waals surface area (Å²) in [6, 6.07) is 6.70. The Morgan fingerprint density at radius 3 is 2.16 bits per heavy atom. The van der Waals surface area contributed by atoms with E-state index in [-0.39, 0.29) is 62.3 Å². The molecule has 7 N–H and O–H groups in total. The molecule has 7 rings (SSSR count). The fraction of sp³-hybridized carbons (Fsp3) is 0.490. The molecule has 11 atom stereocenters. The molecule has 0 aromatic heterocycles. The van der Waals surface area contributed by atoms with Crippen molar-refractivity contribution in [2.75, 3.05) is 25.5 Å². The average Bonchev–Trinajstić information content (AvgIpc) is 3.55. The maximum absolute atomic E-state index is 14.6. The van der Waals surface area contributed by atoms with E-state index in [1.54, 1.807) is 52.0 Å². The van der Waals surface area contributed by atoms with Crippen molar-refractivity contribution in [2.24, 2.45) is 28.8 Å². The second-order valence-corrected chi connectivity index (χ2v) is 18.8. The number of hydrogen-bond donors (Lipinski definition) is 7. The lowest BCUT2D eigenvalue weighted by molar-refractivity contribution is -0.160. The molecule has 17 nitrogen and oxygen atoms in total. The minimum Gasteiger partial charge on any atom is -0.508 e. The fourth-order valence-electron chi connectivity index (χ4n) is 9.64. The van der Waals surface area contributed by atoms with Crippen LogP contribution in [0.3, 0.4) is 0 Å². The van der Waals surface area contributed by atoms with E-state index in [1.807, 2.05) is 31.0 Å². The molecule has 11 unspecified atom stereocenters. The number of carbonyl (C=O) groups is 3. The van der Waals surface area contributed by atoms with Gasteiger partial charge in [0, 0.05) is 80.8 Å². The van der Waals surface area contributed by atoms with Crippen LogP contribution in [0.15, 0.2) is 65.5 Å². The standard InChI is InChI=1S/C51H66N4O13/c1-25-13-12-14-26(2)50(64)53-41-36(21-52-55-27(3)22-54(23-28(55)4)24-34-15-17-35(57)18-16-34)45(61)38-39(46(41)62)44(60)32(8)48-40(38)49(63)51(10,68-48)66-20-19-37(65-11)29(5)47(67-33(9)56)31(7)43(59)30(6)42(25)58/h12-21,25,27-31,37,42-43,47,57-62H,22-24H2,1-11H3,(H,53,64)/b13-12+,20-19+,26-14+,52-21-. The van der Waals surface area contributed by atoms with E-state index in [0.29, 0.717) is 19.6 Å². The number of rotatable bonds is 6. The first kappa shape index (κ1) is 51.3. The lowest BCUT2D eigenvalue weighted by atomic mass is 9.78. The van der Waals surface area contributed by atoms with E-state index >= 15 is 0 Å². The number of nitrogens with one attached hydrogen (secondary N) is 1. The number of benzene rings is 3. The SMILES string of the molecule is COC1/C=C/OC2(C)Oc3c(C)c(O)c4c(O)c(c(/C=N\N5C(C)CN(Cc6ccc(O)cc6)CC5C)c(O)c4c3C2=O)NC(=O)/C(C)=C/C=C/C(C)C(O)C(C)C(O)C(C)C(OC(C)=O)C1C. The average molecular weight is 943 g/mol. The van der Waals surface area contributed by atoms with Gasteiger partial charge in [0.05, 0.1) is 65.1 Å². The maximum Gasteiger partial charge on any atom is 0.312 e. The van der Waals surface area contributed by atoms with Gasteiger partial charge in [0.25, 0.3) is 11.7 Å². The Labute approximate surface area is 396 Å². The Morgan fingerprint density at radius 2 is 1.54 bits per heavy atom. The Morgan fingerprint density at radius 1 is 0.897 bits per heavy atom. The highest BCUT2D eigenvalue weighted by Gasteiger charge is 2.50. The number of ketones is 1. The largest absolute Gasteiger partial charge is 0.508 e. The lowest BCUT2D eigenvalue weighted by Crippen LogP contribution is -2.54. The van der Waals surface area contributed by atoms with E-state index in [1.165, 1.54) is 59.4 Å². The van der Waals surface area contributed by atoms with Crippen molar-refractivity contribution in [3.8, 4) is 28.7 Å². The molecule has 4 aliphatic rings. The smallest absolute Gasteiger partial charge is 0.312 e. The molecule has 3 aromatic rings. The maximum atomic E-state index is 14.6. The number of aliphatic hydroxyl groups is 2. The number of fused-ring (bicyclic) bond motifs is 14. The van der Waals surface area contributed by atoms with Crippen LogP contribution in [0, 0.1) is 30.6 Å². The number of nitrogens with zero attached hydrogens (tertiary/aromatic N) is 3. The van der Waals surface area contributed by atoms with Crippen LogP contribution in [0.5, 0.6) is 28.7 Å². The van der Waals surface area contributed by atoms with Crippen LogP contribution in [-0.2, 0) is 30.3 Å². The molecule has 0 aliphatic carbocycles. The second-order valence-electron chi connectivity index (χ2n) is 18.8. The number of Topliss-reactive ketones (excluding diaryl/α,β-unsaturated/α-hetero) is 1. The second kappa shape index (κ2) is 20.6. The van der Waals surface area contributed by atoms with Crippen molar-refractivity contribution in [3.63, 3.8) is 0 Å². The number of phenols is 4. The number of amides is 1. The molecule has 68 heavy (non-hydrogen) atoms. The van der Waals surface area contributed by atoms with E-state index in [0.717, 1.165) is 5.56 Å².